The Morgan fingerprint density at radius 3 is 2.50 bits per heavy atom. The van der Waals surface area contributed by atoms with Crippen molar-refractivity contribution >= 4 is 11.9 Å². The van der Waals surface area contributed by atoms with Crippen molar-refractivity contribution in [1.29, 1.82) is 0 Å². The van der Waals surface area contributed by atoms with Crippen LogP contribution in [0.2, 0.25) is 0 Å². The van der Waals surface area contributed by atoms with E-state index in [9.17, 15) is 9.59 Å². The van der Waals surface area contributed by atoms with Gasteiger partial charge in [0, 0.05) is 6.04 Å². The second-order valence-electron chi connectivity index (χ2n) is 5.85. The summed E-state index contributed by atoms with van der Waals surface area (Å²) in [7, 11) is 0. The summed E-state index contributed by atoms with van der Waals surface area (Å²) in [6, 6.07) is 2.96. The molecule has 5 heteroatoms. The summed E-state index contributed by atoms with van der Waals surface area (Å²) in [5, 5.41) is 11.7. The molecule has 1 aromatic rings. The summed E-state index contributed by atoms with van der Waals surface area (Å²) in [6.45, 7) is 0. The van der Waals surface area contributed by atoms with Gasteiger partial charge >= 0.3 is 5.97 Å². The van der Waals surface area contributed by atoms with Crippen LogP contribution >= 0.6 is 0 Å². The lowest BCUT2D eigenvalue weighted by Crippen LogP contribution is -2.28. The van der Waals surface area contributed by atoms with E-state index in [1.54, 1.807) is 0 Å². The largest absolute Gasteiger partial charge is 0.475 e. The van der Waals surface area contributed by atoms with Crippen LogP contribution in [0.4, 0.5) is 0 Å². The van der Waals surface area contributed by atoms with E-state index in [1.165, 1.54) is 44.2 Å². The van der Waals surface area contributed by atoms with Crippen LogP contribution in [0.5, 0.6) is 0 Å². The molecule has 2 fully saturated rings. The summed E-state index contributed by atoms with van der Waals surface area (Å²) in [5.41, 5.74) is 0. The van der Waals surface area contributed by atoms with Crippen LogP contribution in [0.1, 0.15) is 59.6 Å². The molecule has 0 bridgehead atoms. The number of hydrogen-bond donors (Lipinski definition) is 2. The fourth-order valence-corrected chi connectivity index (χ4v) is 3.28. The molecule has 2 saturated carbocycles. The van der Waals surface area contributed by atoms with Crippen LogP contribution in [0.25, 0.3) is 0 Å². The molecule has 1 heterocycles. The highest BCUT2D eigenvalue weighted by Crippen LogP contribution is 2.44. The fraction of sp³-hybridized carbons (Fsp3) is 0.600. The number of furan rings is 1. The Morgan fingerprint density at radius 1 is 1.15 bits per heavy atom. The van der Waals surface area contributed by atoms with Gasteiger partial charge in [0.25, 0.3) is 5.91 Å². The smallest absolute Gasteiger partial charge is 0.371 e. The highest BCUT2D eigenvalue weighted by molar-refractivity contribution is 5.93. The summed E-state index contributed by atoms with van der Waals surface area (Å²) in [4.78, 5) is 22.7. The van der Waals surface area contributed by atoms with Crippen molar-refractivity contribution in [2.24, 2.45) is 11.8 Å². The normalized spacial score (nSPS) is 26.2. The Hall–Kier alpha value is -1.78. The van der Waals surface area contributed by atoms with E-state index in [0.717, 1.165) is 12.3 Å². The maximum atomic E-state index is 12.0. The highest BCUT2D eigenvalue weighted by Gasteiger charge is 2.44. The van der Waals surface area contributed by atoms with Gasteiger partial charge in [0.2, 0.25) is 5.76 Å². The Morgan fingerprint density at radius 2 is 1.85 bits per heavy atom. The molecule has 5 nitrogen and oxygen atoms in total. The van der Waals surface area contributed by atoms with Crippen LogP contribution in [-0.2, 0) is 0 Å². The SMILES string of the molecule is O=C(O)c1ccc(C(=O)NC2CC2C2CCCCC2)o1. The van der Waals surface area contributed by atoms with Gasteiger partial charge in [0.15, 0.2) is 5.76 Å². The molecule has 2 aliphatic carbocycles. The van der Waals surface area contributed by atoms with Crippen molar-refractivity contribution in [3.05, 3.63) is 23.7 Å². The van der Waals surface area contributed by atoms with Gasteiger partial charge in [-0.1, -0.05) is 32.1 Å². The molecule has 2 unspecified atom stereocenters. The van der Waals surface area contributed by atoms with Crippen molar-refractivity contribution in [3.63, 3.8) is 0 Å². The van der Waals surface area contributed by atoms with E-state index >= 15 is 0 Å². The minimum Gasteiger partial charge on any atom is -0.475 e. The van der Waals surface area contributed by atoms with Gasteiger partial charge in [-0.3, -0.25) is 4.79 Å². The third-order valence-corrected chi connectivity index (χ3v) is 4.45. The van der Waals surface area contributed by atoms with Crippen LogP contribution in [0.15, 0.2) is 16.5 Å². The van der Waals surface area contributed by atoms with Crippen molar-refractivity contribution in [2.45, 2.75) is 44.6 Å². The molecule has 2 atom stereocenters. The van der Waals surface area contributed by atoms with E-state index in [2.05, 4.69) is 5.32 Å². The van der Waals surface area contributed by atoms with Crippen LogP contribution in [0, 0.1) is 11.8 Å². The predicted octanol–water partition coefficient (Wildman–Crippen LogP) is 2.68. The van der Waals surface area contributed by atoms with Crippen LogP contribution in [-0.4, -0.2) is 23.0 Å². The molecule has 0 aliphatic heterocycles. The van der Waals surface area contributed by atoms with E-state index in [-0.39, 0.29) is 23.5 Å². The Balaban J connectivity index is 1.53. The molecule has 1 aromatic heterocycles. The first-order valence-corrected chi connectivity index (χ1v) is 7.29. The first-order valence-electron chi connectivity index (χ1n) is 7.29. The third kappa shape index (κ3) is 2.71. The molecule has 2 N–H and O–H groups in total. The number of amides is 1. The number of carbonyl (C=O) groups is 2. The molecule has 0 radical (unpaired) electrons. The zero-order valence-corrected chi connectivity index (χ0v) is 11.3. The number of rotatable bonds is 4. The lowest BCUT2D eigenvalue weighted by Gasteiger charge is -2.21. The number of aromatic carboxylic acids is 1. The lowest BCUT2D eigenvalue weighted by molar-refractivity contribution is 0.0659. The van der Waals surface area contributed by atoms with E-state index in [0.29, 0.717) is 5.92 Å². The van der Waals surface area contributed by atoms with Crippen LogP contribution < -0.4 is 5.32 Å². The van der Waals surface area contributed by atoms with E-state index in [1.807, 2.05) is 0 Å². The van der Waals surface area contributed by atoms with E-state index in [4.69, 9.17) is 9.52 Å². The van der Waals surface area contributed by atoms with Crippen molar-refractivity contribution in [3.8, 4) is 0 Å². The molecule has 0 spiro atoms. The zero-order valence-electron chi connectivity index (χ0n) is 11.3. The molecule has 108 valence electrons. The highest BCUT2D eigenvalue weighted by atomic mass is 16.4. The zero-order chi connectivity index (χ0) is 14.1. The van der Waals surface area contributed by atoms with Gasteiger partial charge < -0.3 is 14.8 Å². The monoisotopic (exact) mass is 277 g/mol. The first-order chi connectivity index (χ1) is 9.65. The molecule has 3 rings (SSSR count). The average molecular weight is 277 g/mol. The summed E-state index contributed by atoms with van der Waals surface area (Å²) >= 11 is 0. The third-order valence-electron chi connectivity index (χ3n) is 4.45. The molecule has 2 aliphatic rings. The lowest BCUT2D eigenvalue weighted by atomic mass is 9.85. The van der Waals surface area contributed by atoms with Gasteiger partial charge in [-0.15, -0.1) is 0 Å². The van der Waals surface area contributed by atoms with Gasteiger partial charge in [-0.05, 0) is 30.4 Å². The number of nitrogens with one attached hydrogen (secondary N) is 1. The Labute approximate surface area is 117 Å². The minimum atomic E-state index is -1.16. The average Bonchev–Trinajstić information content (AvgIpc) is 3.02. The van der Waals surface area contributed by atoms with Gasteiger partial charge in [-0.2, -0.15) is 0 Å². The first kappa shape index (κ1) is 13.2. The number of carboxylic acids is 1. The second kappa shape index (κ2) is 5.31. The number of hydrogen-bond acceptors (Lipinski definition) is 3. The van der Waals surface area contributed by atoms with Crippen molar-refractivity contribution in [1.82, 2.24) is 5.32 Å². The number of carbonyl (C=O) groups excluding carboxylic acids is 1. The van der Waals surface area contributed by atoms with Crippen molar-refractivity contribution in [2.75, 3.05) is 0 Å². The predicted molar refractivity (Wildman–Crippen MR) is 71.6 cm³/mol. The fourth-order valence-electron chi connectivity index (χ4n) is 3.28. The quantitative estimate of drug-likeness (QED) is 0.886. The standard InChI is InChI=1S/C15H19NO4/c17-14(12-6-7-13(20-12)15(18)19)16-11-8-10(11)9-4-2-1-3-5-9/h6-7,9-11H,1-5,8H2,(H,16,17)(H,18,19). The summed E-state index contributed by atoms with van der Waals surface area (Å²) in [5.74, 6) is -0.226. The molecule has 1 amide bonds. The molecular weight excluding hydrogens is 258 g/mol. The van der Waals surface area contributed by atoms with Gasteiger partial charge in [0.1, 0.15) is 0 Å². The number of carboxylic acid groups (broad SMARTS) is 1. The maximum absolute atomic E-state index is 12.0. The summed E-state index contributed by atoms with van der Waals surface area (Å²) in [6.07, 6.45) is 7.55. The second-order valence-corrected chi connectivity index (χ2v) is 5.85. The van der Waals surface area contributed by atoms with Gasteiger partial charge in [-0.25, -0.2) is 4.79 Å². The van der Waals surface area contributed by atoms with Crippen LogP contribution in [0.3, 0.4) is 0 Å². The topological polar surface area (TPSA) is 79.5 Å². The Kier molecular flexibility index (Phi) is 3.51. The minimum absolute atomic E-state index is 0.0803. The summed E-state index contributed by atoms with van der Waals surface area (Å²) < 4.78 is 5.00. The van der Waals surface area contributed by atoms with E-state index < -0.39 is 5.97 Å². The molecule has 0 saturated heterocycles. The van der Waals surface area contributed by atoms with Crippen molar-refractivity contribution < 1.29 is 19.1 Å². The molecule has 20 heavy (non-hydrogen) atoms. The maximum Gasteiger partial charge on any atom is 0.371 e. The molecular formula is C15H19NO4. The Bertz CT molecular complexity index is 516. The molecule has 0 aromatic carbocycles. The van der Waals surface area contributed by atoms with Gasteiger partial charge in [0.05, 0.1) is 0 Å².